The molecule has 5 nitrogen and oxygen atoms in total. The Morgan fingerprint density at radius 2 is 1.82 bits per heavy atom. The van der Waals surface area contributed by atoms with Crippen molar-refractivity contribution in [2.45, 2.75) is 37.5 Å². The smallest absolute Gasteiger partial charge is 0.161 e. The molecule has 7 heteroatoms. The number of nitrogens with two attached hydrogens (primary N) is 1. The molecule has 0 aromatic heterocycles. The van der Waals surface area contributed by atoms with E-state index in [1.54, 1.807) is 19.2 Å². The van der Waals surface area contributed by atoms with Crippen LogP contribution in [0.25, 0.3) is 0 Å². The second kappa shape index (κ2) is 7.02. The molecule has 0 fully saturated rings. The molecule has 0 amide bonds. The number of sulfone groups is 1. The number of rotatable bonds is 7. The van der Waals surface area contributed by atoms with Crippen molar-refractivity contribution in [3.8, 4) is 11.5 Å². The van der Waals surface area contributed by atoms with Crippen molar-refractivity contribution >= 4 is 17.9 Å². The van der Waals surface area contributed by atoms with E-state index in [-0.39, 0.29) is 0 Å². The van der Waals surface area contributed by atoms with Crippen molar-refractivity contribution in [3.05, 3.63) is 23.8 Å². The molecule has 0 unspecified atom stereocenters. The standard InChI is InChI=1S/C15H27NO4SSi/c1-7-20-13-10-11(8-9-12(13)19-2)14(16)15(21(3,17)18)22(4,5)6/h8-10,14-15H,7,16H2,1-6H3/t14-,15-/m1/s1. The third kappa shape index (κ3) is 4.47. The van der Waals surface area contributed by atoms with Crippen LogP contribution in [0.1, 0.15) is 18.5 Å². The van der Waals surface area contributed by atoms with E-state index in [2.05, 4.69) is 0 Å². The third-order valence-electron chi connectivity index (χ3n) is 3.51. The van der Waals surface area contributed by atoms with Gasteiger partial charge in [0.05, 0.1) is 26.7 Å². The fraction of sp³-hybridized carbons (Fsp3) is 0.600. The highest BCUT2D eigenvalue weighted by Gasteiger charge is 2.40. The van der Waals surface area contributed by atoms with Crippen LogP contribution < -0.4 is 15.2 Å². The lowest BCUT2D eigenvalue weighted by Crippen LogP contribution is -2.50. The monoisotopic (exact) mass is 345 g/mol. The normalized spacial score (nSPS) is 15.2. The van der Waals surface area contributed by atoms with Crippen LogP contribution in [0.3, 0.4) is 0 Å². The lowest BCUT2D eigenvalue weighted by molar-refractivity contribution is 0.310. The van der Waals surface area contributed by atoms with Crippen molar-refractivity contribution in [1.29, 1.82) is 0 Å². The molecule has 0 saturated heterocycles. The molecule has 0 aliphatic heterocycles. The average molecular weight is 346 g/mol. The van der Waals surface area contributed by atoms with Gasteiger partial charge in [0.1, 0.15) is 9.84 Å². The molecule has 0 saturated carbocycles. The van der Waals surface area contributed by atoms with Crippen LogP contribution in [-0.4, -0.2) is 41.3 Å². The molecule has 22 heavy (non-hydrogen) atoms. The van der Waals surface area contributed by atoms with Crippen LogP contribution in [0, 0.1) is 0 Å². The quantitative estimate of drug-likeness (QED) is 0.768. The van der Waals surface area contributed by atoms with Gasteiger partial charge >= 0.3 is 0 Å². The molecule has 0 heterocycles. The Balaban J connectivity index is 3.31. The Morgan fingerprint density at radius 1 is 1.23 bits per heavy atom. The van der Waals surface area contributed by atoms with Crippen LogP contribution in [0.5, 0.6) is 11.5 Å². The van der Waals surface area contributed by atoms with Crippen molar-refractivity contribution in [1.82, 2.24) is 0 Å². The molecule has 2 atom stereocenters. The number of methoxy groups -OCH3 is 1. The van der Waals surface area contributed by atoms with E-state index in [0.717, 1.165) is 5.56 Å². The van der Waals surface area contributed by atoms with Gasteiger partial charge in [0, 0.05) is 12.3 Å². The predicted molar refractivity (Wildman–Crippen MR) is 93.1 cm³/mol. The Hall–Kier alpha value is -1.05. The van der Waals surface area contributed by atoms with Crippen molar-refractivity contribution < 1.29 is 17.9 Å². The molecule has 1 aromatic carbocycles. The lowest BCUT2D eigenvalue weighted by atomic mass is 10.1. The molecule has 1 rings (SSSR count). The summed E-state index contributed by atoms with van der Waals surface area (Å²) >= 11 is 0. The van der Waals surface area contributed by atoms with Gasteiger partial charge < -0.3 is 15.2 Å². The molecular formula is C15H27NO4SSi. The van der Waals surface area contributed by atoms with E-state index in [9.17, 15) is 8.42 Å². The average Bonchev–Trinajstić information content (AvgIpc) is 2.35. The van der Waals surface area contributed by atoms with Crippen molar-refractivity contribution in [2.24, 2.45) is 5.73 Å². The van der Waals surface area contributed by atoms with Gasteiger partial charge in [-0.25, -0.2) is 8.42 Å². The van der Waals surface area contributed by atoms with Gasteiger partial charge in [0.2, 0.25) is 0 Å². The molecule has 0 radical (unpaired) electrons. The third-order valence-corrected chi connectivity index (χ3v) is 10.2. The minimum Gasteiger partial charge on any atom is -0.493 e. The van der Waals surface area contributed by atoms with Gasteiger partial charge in [0.15, 0.2) is 11.5 Å². The van der Waals surface area contributed by atoms with E-state index in [0.29, 0.717) is 18.1 Å². The molecular weight excluding hydrogens is 318 g/mol. The summed E-state index contributed by atoms with van der Waals surface area (Å²) in [5.41, 5.74) is 7.08. The topological polar surface area (TPSA) is 78.6 Å². The summed E-state index contributed by atoms with van der Waals surface area (Å²) in [7, 11) is -3.69. The highest BCUT2D eigenvalue weighted by molar-refractivity contribution is 7.93. The molecule has 0 spiro atoms. The predicted octanol–water partition coefficient (Wildman–Crippen LogP) is 2.38. The van der Waals surface area contributed by atoms with Gasteiger partial charge in [-0.15, -0.1) is 0 Å². The largest absolute Gasteiger partial charge is 0.493 e. The van der Waals surface area contributed by atoms with Crippen LogP contribution in [0.15, 0.2) is 18.2 Å². The van der Waals surface area contributed by atoms with E-state index in [1.165, 1.54) is 6.26 Å². The fourth-order valence-corrected chi connectivity index (χ4v) is 9.89. The van der Waals surface area contributed by atoms with Gasteiger partial charge in [-0.05, 0) is 24.6 Å². The zero-order valence-corrected chi connectivity index (χ0v) is 16.0. The first kappa shape index (κ1) is 19.0. The van der Waals surface area contributed by atoms with Gasteiger partial charge in [0.25, 0.3) is 0 Å². The second-order valence-electron chi connectivity index (χ2n) is 6.49. The number of benzene rings is 1. The highest BCUT2D eigenvalue weighted by Crippen LogP contribution is 2.33. The summed E-state index contributed by atoms with van der Waals surface area (Å²) in [6.45, 7) is 8.44. The van der Waals surface area contributed by atoms with Crippen LogP contribution in [0.2, 0.25) is 19.6 Å². The van der Waals surface area contributed by atoms with Crippen molar-refractivity contribution in [3.63, 3.8) is 0 Å². The summed E-state index contributed by atoms with van der Waals surface area (Å²) in [5, 5.41) is 0. The lowest BCUT2D eigenvalue weighted by Gasteiger charge is -2.32. The zero-order chi connectivity index (χ0) is 17.1. The van der Waals surface area contributed by atoms with Crippen LogP contribution in [0.4, 0.5) is 0 Å². The number of hydrogen-bond acceptors (Lipinski definition) is 5. The minimum atomic E-state index is -3.25. The maximum Gasteiger partial charge on any atom is 0.161 e. The maximum atomic E-state index is 12.2. The summed E-state index contributed by atoms with van der Waals surface area (Å²) in [5.74, 6) is 1.20. The summed E-state index contributed by atoms with van der Waals surface area (Å²) in [4.78, 5) is -0.553. The summed E-state index contributed by atoms with van der Waals surface area (Å²) in [6, 6.07) is 4.78. The molecule has 0 aliphatic rings. The van der Waals surface area contributed by atoms with Crippen LogP contribution >= 0.6 is 0 Å². The zero-order valence-electron chi connectivity index (χ0n) is 14.2. The molecule has 1 aromatic rings. The SMILES string of the molecule is CCOc1cc([C@@H](N)[C@@H]([Si](C)(C)C)S(C)(=O)=O)ccc1OC. The minimum absolute atomic E-state index is 0.499. The number of hydrogen-bond donors (Lipinski definition) is 1. The van der Waals surface area contributed by atoms with Gasteiger partial charge in [-0.1, -0.05) is 25.7 Å². The van der Waals surface area contributed by atoms with Gasteiger partial charge in [-0.3, -0.25) is 0 Å². The first-order chi connectivity index (χ1) is 10.0. The molecule has 0 bridgehead atoms. The van der Waals surface area contributed by atoms with Gasteiger partial charge in [-0.2, -0.15) is 0 Å². The van der Waals surface area contributed by atoms with Crippen LogP contribution in [-0.2, 0) is 9.84 Å². The first-order valence-corrected chi connectivity index (χ1v) is 12.8. The second-order valence-corrected chi connectivity index (χ2v) is 14.4. The Labute approximate surface area is 134 Å². The fourth-order valence-electron chi connectivity index (χ4n) is 2.79. The Kier molecular flexibility index (Phi) is 6.06. The summed E-state index contributed by atoms with van der Waals surface area (Å²) in [6.07, 6.45) is 1.27. The molecule has 2 N–H and O–H groups in total. The van der Waals surface area contributed by atoms with E-state index < -0.39 is 28.8 Å². The first-order valence-electron chi connectivity index (χ1n) is 7.27. The number of ether oxygens (including phenoxy) is 2. The molecule has 126 valence electrons. The Morgan fingerprint density at radius 3 is 2.23 bits per heavy atom. The van der Waals surface area contributed by atoms with E-state index in [4.69, 9.17) is 15.2 Å². The van der Waals surface area contributed by atoms with E-state index >= 15 is 0 Å². The summed E-state index contributed by atoms with van der Waals surface area (Å²) < 4.78 is 35.3. The molecule has 0 aliphatic carbocycles. The maximum absolute atomic E-state index is 12.2. The van der Waals surface area contributed by atoms with E-state index in [1.807, 2.05) is 32.6 Å². The Bertz CT molecular complexity index is 610. The van der Waals surface area contributed by atoms with Crippen molar-refractivity contribution in [2.75, 3.05) is 20.0 Å². The highest BCUT2D eigenvalue weighted by atomic mass is 32.2.